The van der Waals surface area contributed by atoms with Crippen molar-refractivity contribution < 1.29 is 26.4 Å². The molecule has 2 N–H and O–H groups in total. The molecule has 0 saturated carbocycles. The molecule has 0 radical (unpaired) electrons. The topological polar surface area (TPSA) is 75.3 Å². The molecule has 0 bridgehead atoms. The molecular weight excluding hydrogens is 416 g/mol. The lowest BCUT2D eigenvalue weighted by atomic mass is 10.2. The van der Waals surface area contributed by atoms with E-state index in [1.54, 1.807) is 0 Å². The van der Waals surface area contributed by atoms with Gasteiger partial charge in [-0.2, -0.15) is 13.2 Å². The molecule has 2 aromatic carbocycles. The number of sulfonamides is 1. The van der Waals surface area contributed by atoms with Gasteiger partial charge in [0.25, 0.3) is 10.0 Å². The van der Waals surface area contributed by atoms with Gasteiger partial charge >= 0.3 is 6.18 Å². The van der Waals surface area contributed by atoms with E-state index in [1.807, 2.05) is 0 Å². The van der Waals surface area contributed by atoms with Crippen molar-refractivity contribution in [2.75, 3.05) is 10.0 Å². The van der Waals surface area contributed by atoms with Crippen molar-refractivity contribution >= 4 is 50.5 Å². The number of hydrogen-bond donors (Lipinski definition) is 2. The van der Waals surface area contributed by atoms with Crippen LogP contribution in [0.3, 0.4) is 0 Å². The largest absolute Gasteiger partial charge is 0.417 e. The first-order valence-electron chi connectivity index (χ1n) is 6.87. The van der Waals surface area contributed by atoms with Crippen molar-refractivity contribution in [3.63, 3.8) is 0 Å². The summed E-state index contributed by atoms with van der Waals surface area (Å²) in [6.45, 7) is 1.27. The summed E-state index contributed by atoms with van der Waals surface area (Å²) in [6.07, 6.45) is -4.80. The van der Waals surface area contributed by atoms with Gasteiger partial charge in [0.15, 0.2) is 0 Å². The minimum Gasteiger partial charge on any atom is -0.325 e. The van der Waals surface area contributed by atoms with E-state index in [1.165, 1.54) is 25.1 Å². The Morgan fingerprint density at radius 3 is 2.23 bits per heavy atom. The Kier molecular flexibility index (Phi) is 5.74. The van der Waals surface area contributed by atoms with Gasteiger partial charge in [0.1, 0.15) is 0 Å². The molecule has 2 rings (SSSR count). The molecule has 0 saturated heterocycles. The molecule has 0 spiro atoms. The van der Waals surface area contributed by atoms with E-state index in [0.29, 0.717) is 6.07 Å². The number of nitrogens with one attached hydrogen (secondary N) is 2. The fourth-order valence-electron chi connectivity index (χ4n) is 1.97. The van der Waals surface area contributed by atoms with Crippen LogP contribution in [0.15, 0.2) is 41.3 Å². The van der Waals surface area contributed by atoms with E-state index in [4.69, 9.17) is 23.2 Å². The molecule has 0 heterocycles. The molecule has 0 unspecified atom stereocenters. The highest BCUT2D eigenvalue weighted by Crippen LogP contribution is 2.36. The lowest BCUT2D eigenvalue weighted by molar-refractivity contribution is -0.137. The van der Waals surface area contributed by atoms with E-state index in [2.05, 4.69) is 10.0 Å². The molecule has 2 aromatic rings. The quantitative estimate of drug-likeness (QED) is 0.738. The van der Waals surface area contributed by atoms with Gasteiger partial charge in [0, 0.05) is 6.92 Å². The number of carbonyl (C=O) groups excluding carboxylic acids is 1. The number of rotatable bonds is 4. The van der Waals surface area contributed by atoms with Crippen molar-refractivity contribution in [3.05, 3.63) is 52.0 Å². The molecule has 26 heavy (non-hydrogen) atoms. The van der Waals surface area contributed by atoms with Gasteiger partial charge in [-0.05, 0) is 36.4 Å². The maximum absolute atomic E-state index is 12.9. The average Bonchev–Trinajstić information content (AvgIpc) is 2.48. The zero-order chi connectivity index (χ0) is 19.7. The second-order valence-corrected chi connectivity index (χ2v) is 7.62. The Balaban J connectivity index is 2.35. The smallest absolute Gasteiger partial charge is 0.325 e. The second kappa shape index (κ2) is 7.34. The van der Waals surface area contributed by atoms with Crippen molar-refractivity contribution in [1.82, 2.24) is 0 Å². The summed E-state index contributed by atoms with van der Waals surface area (Å²) in [5.74, 6) is -0.374. The first-order valence-corrected chi connectivity index (χ1v) is 9.11. The van der Waals surface area contributed by atoms with Gasteiger partial charge in [-0.15, -0.1) is 0 Å². The molecule has 11 heteroatoms. The second-order valence-electron chi connectivity index (χ2n) is 5.12. The zero-order valence-electron chi connectivity index (χ0n) is 13.0. The highest BCUT2D eigenvalue weighted by molar-refractivity contribution is 7.92. The number of benzene rings is 2. The lowest BCUT2D eigenvalue weighted by Crippen LogP contribution is -2.15. The number of amides is 1. The van der Waals surface area contributed by atoms with Crippen LogP contribution in [0.25, 0.3) is 0 Å². The van der Waals surface area contributed by atoms with Gasteiger partial charge < -0.3 is 5.32 Å². The van der Waals surface area contributed by atoms with Crippen molar-refractivity contribution in [3.8, 4) is 0 Å². The van der Waals surface area contributed by atoms with E-state index in [-0.39, 0.29) is 22.3 Å². The van der Waals surface area contributed by atoms with Crippen LogP contribution in [-0.2, 0) is 21.0 Å². The minimum absolute atomic E-state index is 0.00705. The molecule has 0 aliphatic carbocycles. The molecule has 140 valence electrons. The molecule has 1 amide bonds. The van der Waals surface area contributed by atoms with Crippen LogP contribution in [0.1, 0.15) is 12.5 Å². The van der Waals surface area contributed by atoms with Crippen LogP contribution in [0, 0.1) is 0 Å². The standard InChI is InChI=1S/C15H11Cl2F3N2O3S/c1-8(23)21-14-5-2-9(6-13(14)17)22-26(24,25)10-3-4-12(16)11(7-10)15(18,19)20/h2-7,22H,1H3,(H,21,23). The summed E-state index contributed by atoms with van der Waals surface area (Å²) in [5, 5.41) is 1.87. The molecule has 0 aliphatic rings. The summed E-state index contributed by atoms with van der Waals surface area (Å²) in [5.41, 5.74) is -0.998. The summed E-state index contributed by atoms with van der Waals surface area (Å²) in [7, 11) is -4.32. The fourth-order valence-corrected chi connectivity index (χ4v) is 3.50. The lowest BCUT2D eigenvalue weighted by Gasteiger charge is -2.13. The molecular formula is C15H11Cl2F3N2O3S. The normalized spacial score (nSPS) is 11.9. The predicted octanol–water partition coefficient (Wildman–Crippen LogP) is 4.77. The van der Waals surface area contributed by atoms with Crippen molar-refractivity contribution in [1.29, 1.82) is 0 Å². The van der Waals surface area contributed by atoms with E-state index in [9.17, 15) is 26.4 Å². The number of halogens is 5. The highest BCUT2D eigenvalue weighted by Gasteiger charge is 2.34. The Bertz CT molecular complexity index is 963. The van der Waals surface area contributed by atoms with Crippen molar-refractivity contribution in [2.45, 2.75) is 18.0 Å². The van der Waals surface area contributed by atoms with Crippen LogP contribution in [0.5, 0.6) is 0 Å². The maximum Gasteiger partial charge on any atom is 0.417 e. The van der Waals surface area contributed by atoms with Crippen LogP contribution in [-0.4, -0.2) is 14.3 Å². The predicted molar refractivity (Wildman–Crippen MR) is 93.0 cm³/mol. The van der Waals surface area contributed by atoms with E-state index < -0.39 is 31.7 Å². The third kappa shape index (κ3) is 4.80. The van der Waals surface area contributed by atoms with Gasteiger partial charge in [-0.1, -0.05) is 23.2 Å². The van der Waals surface area contributed by atoms with Gasteiger partial charge in [0.05, 0.1) is 31.9 Å². The van der Waals surface area contributed by atoms with Gasteiger partial charge in [-0.3, -0.25) is 9.52 Å². The Labute approximate surface area is 157 Å². The average molecular weight is 427 g/mol. The van der Waals surface area contributed by atoms with E-state index >= 15 is 0 Å². The summed E-state index contributed by atoms with van der Waals surface area (Å²) < 4.78 is 65.5. The van der Waals surface area contributed by atoms with Crippen LogP contribution in [0.2, 0.25) is 10.0 Å². The highest BCUT2D eigenvalue weighted by atomic mass is 35.5. The maximum atomic E-state index is 12.9. The van der Waals surface area contributed by atoms with Crippen LogP contribution < -0.4 is 10.0 Å². The van der Waals surface area contributed by atoms with Crippen LogP contribution >= 0.6 is 23.2 Å². The fraction of sp³-hybridized carbons (Fsp3) is 0.133. The minimum atomic E-state index is -4.80. The molecule has 0 aromatic heterocycles. The monoisotopic (exact) mass is 426 g/mol. The number of carbonyl (C=O) groups is 1. The van der Waals surface area contributed by atoms with E-state index in [0.717, 1.165) is 12.1 Å². The number of alkyl halides is 3. The Hall–Kier alpha value is -1.97. The van der Waals surface area contributed by atoms with Crippen molar-refractivity contribution in [2.24, 2.45) is 0 Å². The number of anilines is 2. The molecule has 0 atom stereocenters. The first-order chi connectivity index (χ1) is 11.9. The summed E-state index contributed by atoms with van der Waals surface area (Å²) >= 11 is 11.4. The Morgan fingerprint density at radius 2 is 1.69 bits per heavy atom. The summed E-state index contributed by atoms with van der Waals surface area (Å²) in [6, 6.07) is 6.11. The third-order valence-corrected chi connectivity index (χ3v) is 5.11. The SMILES string of the molecule is CC(=O)Nc1ccc(NS(=O)(=O)c2ccc(Cl)c(C(F)(F)F)c2)cc1Cl. The van der Waals surface area contributed by atoms with Gasteiger partial charge in [-0.25, -0.2) is 8.42 Å². The van der Waals surface area contributed by atoms with Gasteiger partial charge in [0.2, 0.25) is 5.91 Å². The number of hydrogen-bond acceptors (Lipinski definition) is 3. The summed E-state index contributed by atoms with van der Waals surface area (Å²) in [4.78, 5) is 10.4. The molecule has 5 nitrogen and oxygen atoms in total. The molecule has 0 aliphatic heterocycles. The third-order valence-electron chi connectivity index (χ3n) is 3.09. The zero-order valence-corrected chi connectivity index (χ0v) is 15.3. The van der Waals surface area contributed by atoms with Crippen LogP contribution in [0.4, 0.5) is 24.5 Å². The molecule has 0 fully saturated rings. The Morgan fingerprint density at radius 1 is 1.04 bits per heavy atom. The first kappa shape index (κ1) is 20.3.